The lowest BCUT2D eigenvalue weighted by Gasteiger charge is -2.39. The van der Waals surface area contributed by atoms with Crippen molar-refractivity contribution in [3.05, 3.63) is 18.7 Å². The van der Waals surface area contributed by atoms with Crippen LogP contribution in [0.4, 0.5) is 0 Å². The number of imidazole rings is 1. The van der Waals surface area contributed by atoms with Crippen molar-refractivity contribution in [2.45, 2.75) is 45.1 Å². The highest BCUT2D eigenvalue weighted by atomic mass is 15.2. The summed E-state index contributed by atoms with van der Waals surface area (Å²) >= 11 is 0. The van der Waals surface area contributed by atoms with Gasteiger partial charge in [-0.1, -0.05) is 13.3 Å². The molecule has 20 heavy (non-hydrogen) atoms. The van der Waals surface area contributed by atoms with Crippen LogP contribution < -0.4 is 0 Å². The molecule has 0 N–H and O–H groups in total. The zero-order chi connectivity index (χ0) is 13.5. The normalized spacial score (nSPS) is 41.4. The summed E-state index contributed by atoms with van der Waals surface area (Å²) in [5.41, 5.74) is 0. The second kappa shape index (κ2) is 5.18. The largest absolute Gasteiger partial charge is 0.333 e. The SMILES string of the molecule is C[C@@H]1CCN(C[C@@H]2C[C@H]3CC[C@H]2C3)C[C@H]1n1ccnc1. The Kier molecular flexibility index (Phi) is 3.33. The van der Waals surface area contributed by atoms with Crippen molar-refractivity contribution < 1.29 is 0 Å². The first-order chi connectivity index (χ1) is 9.79. The molecule has 3 fully saturated rings. The van der Waals surface area contributed by atoms with Gasteiger partial charge in [0.15, 0.2) is 0 Å². The van der Waals surface area contributed by atoms with Gasteiger partial charge in [-0.05, 0) is 55.9 Å². The molecule has 3 heteroatoms. The summed E-state index contributed by atoms with van der Waals surface area (Å²) in [6.45, 7) is 6.30. The lowest BCUT2D eigenvalue weighted by atomic mass is 9.87. The second-order valence-electron chi connectivity index (χ2n) is 7.54. The molecule has 0 amide bonds. The molecule has 1 saturated heterocycles. The highest BCUT2D eigenvalue weighted by molar-refractivity contribution is 4.93. The number of hydrogen-bond donors (Lipinski definition) is 0. The predicted molar refractivity (Wildman–Crippen MR) is 80.4 cm³/mol. The summed E-state index contributed by atoms with van der Waals surface area (Å²) in [5.74, 6) is 3.93. The maximum Gasteiger partial charge on any atom is 0.0949 e. The van der Waals surface area contributed by atoms with Gasteiger partial charge >= 0.3 is 0 Å². The molecular weight excluding hydrogens is 246 g/mol. The Bertz CT molecular complexity index is 441. The molecule has 1 aromatic rings. The van der Waals surface area contributed by atoms with Crippen molar-refractivity contribution in [1.29, 1.82) is 0 Å². The van der Waals surface area contributed by atoms with E-state index in [1.54, 1.807) is 6.42 Å². The van der Waals surface area contributed by atoms with Gasteiger partial charge in [-0.3, -0.25) is 0 Å². The highest BCUT2D eigenvalue weighted by Crippen LogP contribution is 2.48. The van der Waals surface area contributed by atoms with Gasteiger partial charge in [0.05, 0.1) is 6.33 Å². The Morgan fingerprint density at radius 3 is 2.85 bits per heavy atom. The summed E-state index contributed by atoms with van der Waals surface area (Å²) in [5, 5.41) is 0. The van der Waals surface area contributed by atoms with Crippen LogP contribution in [0.25, 0.3) is 0 Å². The summed E-state index contributed by atoms with van der Waals surface area (Å²) in [6, 6.07) is 0.629. The fraction of sp³-hybridized carbons (Fsp3) is 0.824. The Labute approximate surface area is 122 Å². The fourth-order valence-electron chi connectivity index (χ4n) is 5.07. The van der Waals surface area contributed by atoms with E-state index in [-0.39, 0.29) is 0 Å². The molecule has 2 saturated carbocycles. The van der Waals surface area contributed by atoms with Crippen molar-refractivity contribution in [1.82, 2.24) is 14.5 Å². The van der Waals surface area contributed by atoms with Gasteiger partial charge in [0.25, 0.3) is 0 Å². The Hall–Kier alpha value is -0.830. The van der Waals surface area contributed by atoms with Crippen LogP contribution in [0.1, 0.15) is 45.1 Å². The van der Waals surface area contributed by atoms with Crippen molar-refractivity contribution in [2.24, 2.45) is 23.7 Å². The van der Waals surface area contributed by atoms with Crippen LogP contribution in [0.5, 0.6) is 0 Å². The van der Waals surface area contributed by atoms with E-state index < -0.39 is 0 Å². The second-order valence-corrected chi connectivity index (χ2v) is 7.54. The van der Waals surface area contributed by atoms with E-state index in [9.17, 15) is 0 Å². The van der Waals surface area contributed by atoms with Crippen LogP contribution >= 0.6 is 0 Å². The molecule has 3 aliphatic rings. The van der Waals surface area contributed by atoms with Crippen molar-refractivity contribution in [2.75, 3.05) is 19.6 Å². The van der Waals surface area contributed by atoms with Crippen molar-refractivity contribution in [3.8, 4) is 0 Å². The number of piperidine rings is 1. The van der Waals surface area contributed by atoms with Gasteiger partial charge < -0.3 is 9.47 Å². The molecule has 5 atom stereocenters. The maximum atomic E-state index is 4.24. The Balaban J connectivity index is 1.40. The molecule has 4 rings (SSSR count). The molecule has 1 aliphatic heterocycles. The minimum Gasteiger partial charge on any atom is -0.333 e. The summed E-state index contributed by atoms with van der Waals surface area (Å²) in [4.78, 5) is 6.98. The van der Waals surface area contributed by atoms with Gasteiger partial charge in [0.2, 0.25) is 0 Å². The van der Waals surface area contributed by atoms with Gasteiger partial charge in [-0.15, -0.1) is 0 Å². The maximum absolute atomic E-state index is 4.24. The van der Waals surface area contributed by atoms with Crippen LogP contribution in [0.3, 0.4) is 0 Å². The first-order valence-corrected chi connectivity index (χ1v) is 8.49. The van der Waals surface area contributed by atoms with E-state index in [1.807, 2.05) is 12.5 Å². The van der Waals surface area contributed by atoms with E-state index in [4.69, 9.17) is 0 Å². The van der Waals surface area contributed by atoms with Gasteiger partial charge in [-0.25, -0.2) is 4.98 Å². The van der Waals surface area contributed by atoms with Crippen LogP contribution in [0.2, 0.25) is 0 Å². The van der Waals surface area contributed by atoms with Gasteiger partial charge in [0, 0.05) is 31.5 Å². The molecule has 0 spiro atoms. The molecule has 3 nitrogen and oxygen atoms in total. The number of fused-ring (bicyclic) bond motifs is 2. The van der Waals surface area contributed by atoms with Crippen molar-refractivity contribution >= 4 is 0 Å². The molecule has 110 valence electrons. The topological polar surface area (TPSA) is 21.1 Å². The number of hydrogen-bond acceptors (Lipinski definition) is 2. The number of nitrogens with zero attached hydrogens (tertiary/aromatic N) is 3. The predicted octanol–water partition coefficient (Wildman–Crippen LogP) is 3.20. The third-order valence-corrected chi connectivity index (χ3v) is 6.29. The van der Waals surface area contributed by atoms with E-state index in [2.05, 4.69) is 27.6 Å². The molecule has 0 aromatic carbocycles. The molecule has 1 aromatic heterocycles. The minimum absolute atomic E-state index is 0.629. The lowest BCUT2D eigenvalue weighted by molar-refractivity contribution is 0.103. The molecule has 2 aliphatic carbocycles. The van der Waals surface area contributed by atoms with Crippen LogP contribution in [-0.4, -0.2) is 34.1 Å². The van der Waals surface area contributed by atoms with E-state index >= 15 is 0 Å². The number of aromatic nitrogens is 2. The smallest absolute Gasteiger partial charge is 0.0949 e. The Morgan fingerprint density at radius 2 is 2.15 bits per heavy atom. The first-order valence-electron chi connectivity index (χ1n) is 8.49. The zero-order valence-corrected chi connectivity index (χ0v) is 12.6. The Morgan fingerprint density at radius 1 is 1.20 bits per heavy atom. The molecule has 0 unspecified atom stereocenters. The highest BCUT2D eigenvalue weighted by Gasteiger charge is 2.40. The van der Waals surface area contributed by atoms with E-state index in [0.29, 0.717) is 6.04 Å². The summed E-state index contributed by atoms with van der Waals surface area (Å²) in [7, 11) is 0. The van der Waals surface area contributed by atoms with Gasteiger partial charge in [0.1, 0.15) is 0 Å². The monoisotopic (exact) mass is 273 g/mol. The standard InChI is InChI=1S/C17H27N3/c1-13-4-6-19(11-17(13)20-7-5-18-12-20)10-16-9-14-2-3-15(16)8-14/h5,7,12-17H,2-4,6,8-11H2,1H3/t13-,14+,15+,16+,17-/m1/s1. The third kappa shape index (κ3) is 2.30. The third-order valence-electron chi connectivity index (χ3n) is 6.29. The number of likely N-dealkylation sites (tertiary alicyclic amines) is 1. The minimum atomic E-state index is 0.629. The molecule has 2 bridgehead atoms. The fourth-order valence-corrected chi connectivity index (χ4v) is 5.07. The lowest BCUT2D eigenvalue weighted by Crippen LogP contribution is -2.43. The van der Waals surface area contributed by atoms with E-state index in [1.165, 1.54) is 45.3 Å². The average Bonchev–Trinajstić information content (AvgIpc) is 3.17. The molecule has 2 heterocycles. The van der Waals surface area contributed by atoms with Crippen molar-refractivity contribution in [3.63, 3.8) is 0 Å². The number of rotatable bonds is 3. The average molecular weight is 273 g/mol. The molecule has 0 radical (unpaired) electrons. The van der Waals surface area contributed by atoms with E-state index in [0.717, 1.165) is 23.7 Å². The van der Waals surface area contributed by atoms with Crippen LogP contribution in [0, 0.1) is 23.7 Å². The summed E-state index contributed by atoms with van der Waals surface area (Å²) in [6.07, 6.45) is 13.5. The van der Waals surface area contributed by atoms with Crippen LogP contribution in [0.15, 0.2) is 18.7 Å². The van der Waals surface area contributed by atoms with Gasteiger partial charge in [-0.2, -0.15) is 0 Å². The quantitative estimate of drug-likeness (QED) is 0.843. The first kappa shape index (κ1) is 12.9. The molecular formula is C17H27N3. The summed E-state index contributed by atoms with van der Waals surface area (Å²) < 4.78 is 2.33. The zero-order valence-electron chi connectivity index (χ0n) is 12.6. The van der Waals surface area contributed by atoms with Crippen LogP contribution in [-0.2, 0) is 0 Å².